The number of hydrogen-bond acceptors (Lipinski definition) is 4. The molecule has 3 aromatic carbocycles. The van der Waals surface area contributed by atoms with E-state index in [0.29, 0.717) is 13.1 Å². The number of fused-ring (bicyclic) bond motifs is 1. The van der Waals surface area contributed by atoms with E-state index in [9.17, 15) is 14.9 Å². The van der Waals surface area contributed by atoms with Gasteiger partial charge in [0, 0.05) is 41.3 Å². The van der Waals surface area contributed by atoms with Crippen LogP contribution in [0.2, 0.25) is 0 Å². The molecule has 0 aliphatic carbocycles. The molecule has 0 bridgehead atoms. The van der Waals surface area contributed by atoms with Crippen molar-refractivity contribution in [3.05, 3.63) is 100 Å². The number of carbonyl (C=O) groups excluding carboxylic acids is 1. The van der Waals surface area contributed by atoms with Gasteiger partial charge in [-0.25, -0.2) is 0 Å². The van der Waals surface area contributed by atoms with E-state index in [-0.39, 0.29) is 16.0 Å². The zero-order chi connectivity index (χ0) is 24.7. The van der Waals surface area contributed by atoms with E-state index in [4.69, 9.17) is 0 Å². The molecule has 0 radical (unpaired) electrons. The minimum atomic E-state index is -0.333. The third-order valence-corrected chi connectivity index (χ3v) is 5.57. The molecule has 4 rings (SSSR count). The average Bonchev–Trinajstić information content (AvgIpc) is 3.18. The van der Waals surface area contributed by atoms with Crippen molar-refractivity contribution in [1.82, 2.24) is 4.57 Å². The zero-order valence-corrected chi connectivity index (χ0v) is 20.0. The smallest absolute Gasteiger partial charge is 0.293 e. The second-order valence-electron chi connectivity index (χ2n) is 8.99. The minimum absolute atomic E-state index is 0.0820. The van der Waals surface area contributed by atoms with Crippen molar-refractivity contribution in [2.24, 2.45) is 0 Å². The molecule has 0 aliphatic heterocycles. The fourth-order valence-electron chi connectivity index (χ4n) is 3.76. The molecule has 0 saturated heterocycles. The van der Waals surface area contributed by atoms with E-state index in [1.165, 1.54) is 11.1 Å². The number of non-ortho nitro benzene ring substituents is 1. The number of nitro groups is 1. The van der Waals surface area contributed by atoms with Crippen LogP contribution in [0.4, 0.5) is 5.69 Å². The number of carbonyl (C=O) groups is 1. The number of hydrogen-bond donors (Lipinski definition) is 0. The van der Waals surface area contributed by atoms with Gasteiger partial charge in [0.15, 0.2) is 0 Å². The molecule has 4 aromatic rings. The summed E-state index contributed by atoms with van der Waals surface area (Å²) < 4.78 is 6.32. The van der Waals surface area contributed by atoms with Gasteiger partial charge in [-0.05, 0) is 35.1 Å². The lowest BCUT2D eigenvalue weighted by molar-refractivity contribution is -0.384. The summed E-state index contributed by atoms with van der Waals surface area (Å²) in [6.45, 7) is 9.96. The third kappa shape index (κ3) is 5.90. The predicted octanol–water partition coefficient (Wildman–Crippen LogP) is 6.74. The van der Waals surface area contributed by atoms with E-state index in [1.807, 2.05) is 24.3 Å². The van der Waals surface area contributed by atoms with Gasteiger partial charge in [0.2, 0.25) is 0 Å². The Hall–Kier alpha value is -3.93. The Kier molecular flexibility index (Phi) is 7.84. The second kappa shape index (κ2) is 10.8. The van der Waals surface area contributed by atoms with Crippen molar-refractivity contribution in [2.75, 3.05) is 6.61 Å². The highest BCUT2D eigenvalue weighted by Gasteiger charge is 2.17. The van der Waals surface area contributed by atoms with Gasteiger partial charge < -0.3 is 9.30 Å². The summed E-state index contributed by atoms with van der Waals surface area (Å²) in [6, 6.07) is 23.9. The monoisotopic (exact) mass is 458 g/mol. The SMILES string of the molecule is CC(C)(C)c1ccc(-c2cn(Cc3ccccc3)c3ccc([N+](=O)[O-])cc23)cc1.CCOC=O. The Labute approximate surface area is 199 Å². The normalized spacial score (nSPS) is 10.9. The highest BCUT2D eigenvalue weighted by molar-refractivity contribution is 5.97. The number of benzene rings is 3. The van der Waals surface area contributed by atoms with Crippen molar-refractivity contribution in [3.63, 3.8) is 0 Å². The molecule has 34 heavy (non-hydrogen) atoms. The first-order valence-corrected chi connectivity index (χ1v) is 11.2. The van der Waals surface area contributed by atoms with E-state index in [0.717, 1.165) is 28.6 Å². The first kappa shape index (κ1) is 24.7. The Morgan fingerprint density at radius 2 is 1.68 bits per heavy atom. The number of nitrogens with zero attached hydrogens (tertiary/aromatic N) is 2. The predicted molar refractivity (Wildman–Crippen MR) is 136 cm³/mol. The molecule has 0 N–H and O–H groups in total. The molecule has 0 amide bonds. The second-order valence-corrected chi connectivity index (χ2v) is 8.99. The molecule has 0 atom stereocenters. The van der Waals surface area contributed by atoms with Gasteiger partial charge in [0.05, 0.1) is 11.5 Å². The summed E-state index contributed by atoms with van der Waals surface area (Å²) in [5.74, 6) is 0. The molecule has 6 nitrogen and oxygen atoms in total. The number of nitro benzene ring substituents is 1. The summed E-state index contributed by atoms with van der Waals surface area (Å²) in [5, 5.41) is 12.2. The molecule has 176 valence electrons. The first-order chi connectivity index (χ1) is 16.2. The molecular weight excluding hydrogens is 428 g/mol. The Morgan fingerprint density at radius 1 is 1.00 bits per heavy atom. The number of ether oxygens (including phenoxy) is 1. The largest absolute Gasteiger partial charge is 0.468 e. The summed E-state index contributed by atoms with van der Waals surface area (Å²) >= 11 is 0. The van der Waals surface area contributed by atoms with Gasteiger partial charge in [-0.2, -0.15) is 0 Å². The van der Waals surface area contributed by atoms with E-state index < -0.39 is 0 Å². The topological polar surface area (TPSA) is 74.4 Å². The van der Waals surface area contributed by atoms with Gasteiger partial charge in [0.1, 0.15) is 0 Å². The summed E-state index contributed by atoms with van der Waals surface area (Å²) in [4.78, 5) is 20.2. The third-order valence-electron chi connectivity index (χ3n) is 5.57. The highest BCUT2D eigenvalue weighted by atomic mass is 16.6. The Bertz CT molecular complexity index is 1250. The van der Waals surface area contributed by atoms with E-state index >= 15 is 0 Å². The maximum atomic E-state index is 11.3. The summed E-state index contributed by atoms with van der Waals surface area (Å²) in [5.41, 5.74) is 5.73. The molecule has 6 heteroatoms. The van der Waals surface area contributed by atoms with Crippen LogP contribution in [0.3, 0.4) is 0 Å². The van der Waals surface area contributed by atoms with Crippen LogP contribution in [0, 0.1) is 10.1 Å². The molecular formula is C28H30N2O4. The quantitative estimate of drug-likeness (QED) is 0.182. The fourth-order valence-corrected chi connectivity index (χ4v) is 3.76. The zero-order valence-electron chi connectivity index (χ0n) is 20.0. The number of aromatic nitrogens is 1. The summed E-state index contributed by atoms with van der Waals surface area (Å²) in [6.07, 6.45) is 2.10. The van der Waals surface area contributed by atoms with Crippen LogP contribution in [0.15, 0.2) is 79.0 Å². The van der Waals surface area contributed by atoms with Gasteiger partial charge in [-0.1, -0.05) is 75.4 Å². The highest BCUT2D eigenvalue weighted by Crippen LogP contribution is 2.34. The van der Waals surface area contributed by atoms with E-state index in [2.05, 4.69) is 72.7 Å². The van der Waals surface area contributed by atoms with Gasteiger partial charge >= 0.3 is 0 Å². The first-order valence-electron chi connectivity index (χ1n) is 11.2. The van der Waals surface area contributed by atoms with E-state index in [1.54, 1.807) is 19.1 Å². The fraction of sp³-hybridized carbons (Fsp3) is 0.250. The average molecular weight is 459 g/mol. The molecule has 0 saturated carbocycles. The molecule has 0 unspecified atom stereocenters. The summed E-state index contributed by atoms with van der Waals surface area (Å²) in [7, 11) is 0. The Morgan fingerprint density at radius 3 is 2.21 bits per heavy atom. The Balaban J connectivity index is 0.000000588. The van der Waals surface area contributed by atoms with Crippen LogP contribution < -0.4 is 0 Å². The maximum absolute atomic E-state index is 11.3. The molecule has 0 fully saturated rings. The lowest BCUT2D eigenvalue weighted by atomic mass is 9.86. The van der Waals surface area contributed by atoms with Gasteiger partial charge in [-0.3, -0.25) is 14.9 Å². The van der Waals surface area contributed by atoms with Crippen molar-refractivity contribution in [1.29, 1.82) is 0 Å². The standard InChI is InChI=1S/C25H24N2O2.C3H6O2/c1-25(2,3)20-11-9-19(10-12-20)23-17-26(16-18-7-5-4-6-8-18)24-14-13-21(27(28)29)15-22(23)24;1-2-5-3-4/h4-15,17H,16H2,1-3H3;3H,2H2,1H3. The van der Waals surface area contributed by atoms with Crippen molar-refractivity contribution >= 4 is 23.1 Å². The maximum Gasteiger partial charge on any atom is 0.293 e. The van der Waals surface area contributed by atoms with Crippen LogP contribution in [0.25, 0.3) is 22.0 Å². The minimum Gasteiger partial charge on any atom is -0.468 e. The van der Waals surface area contributed by atoms with Crippen molar-refractivity contribution in [2.45, 2.75) is 39.7 Å². The molecule has 1 heterocycles. The van der Waals surface area contributed by atoms with Gasteiger partial charge in [0.25, 0.3) is 12.2 Å². The van der Waals surface area contributed by atoms with Crippen molar-refractivity contribution in [3.8, 4) is 11.1 Å². The van der Waals surface area contributed by atoms with Crippen LogP contribution in [0.1, 0.15) is 38.8 Å². The van der Waals surface area contributed by atoms with Crippen LogP contribution in [0.5, 0.6) is 0 Å². The van der Waals surface area contributed by atoms with Crippen molar-refractivity contribution < 1.29 is 14.5 Å². The molecule has 0 spiro atoms. The molecule has 1 aromatic heterocycles. The molecule has 0 aliphatic rings. The lowest BCUT2D eigenvalue weighted by Crippen LogP contribution is -2.10. The lowest BCUT2D eigenvalue weighted by Gasteiger charge is -2.19. The van der Waals surface area contributed by atoms with Gasteiger partial charge in [-0.15, -0.1) is 0 Å². The number of rotatable bonds is 6. The van der Waals surface area contributed by atoms with Crippen LogP contribution in [-0.4, -0.2) is 22.6 Å². The van der Waals surface area contributed by atoms with Crippen LogP contribution in [-0.2, 0) is 21.5 Å². The van der Waals surface area contributed by atoms with Crippen LogP contribution >= 0.6 is 0 Å².